The van der Waals surface area contributed by atoms with Crippen molar-refractivity contribution in [2.24, 2.45) is 17.2 Å². The Kier molecular flexibility index (Phi) is 8.08. The summed E-state index contributed by atoms with van der Waals surface area (Å²) < 4.78 is 0. The minimum atomic E-state index is -1.42. The molecule has 0 aliphatic carbocycles. The molecule has 1 atom stereocenters. The lowest BCUT2D eigenvalue weighted by Gasteiger charge is -2.30. The first-order valence-electron chi connectivity index (χ1n) is 5.86. The summed E-state index contributed by atoms with van der Waals surface area (Å²) in [7, 11) is -1.37. The number of rotatable bonds is 10. The molecule has 9 heteroatoms. The minimum absolute atomic E-state index is 0.0665. The first-order valence-corrected chi connectivity index (χ1v) is 5.86. The molecule has 0 aliphatic rings. The van der Waals surface area contributed by atoms with Crippen molar-refractivity contribution in [3.63, 3.8) is 0 Å². The second-order valence-electron chi connectivity index (χ2n) is 4.38. The van der Waals surface area contributed by atoms with E-state index in [0.717, 1.165) is 0 Å². The molecule has 0 saturated heterocycles. The average molecular weight is 262 g/mol. The van der Waals surface area contributed by atoms with Gasteiger partial charge in [0, 0.05) is 19.9 Å². The fraction of sp³-hybridized carbons (Fsp3) is 0.889. The van der Waals surface area contributed by atoms with Crippen molar-refractivity contribution in [2.75, 3.05) is 19.9 Å². The summed E-state index contributed by atoms with van der Waals surface area (Å²) in [6.07, 6.45) is 1.41. The smallest absolute Gasteiger partial charge is 0.451 e. The molecule has 0 aliphatic heterocycles. The number of aliphatic carboxylic acids is 1. The van der Waals surface area contributed by atoms with Crippen molar-refractivity contribution >= 4 is 13.1 Å². The summed E-state index contributed by atoms with van der Waals surface area (Å²) in [5, 5.41) is 26.5. The normalized spacial score (nSPS) is 14.6. The number of carbonyl (C=O) groups is 1. The third-order valence-electron chi connectivity index (χ3n) is 2.78. The van der Waals surface area contributed by atoms with Crippen LogP contribution in [0.1, 0.15) is 19.3 Å². The van der Waals surface area contributed by atoms with Crippen molar-refractivity contribution in [3.05, 3.63) is 0 Å². The van der Waals surface area contributed by atoms with Gasteiger partial charge in [0.25, 0.3) is 0 Å². The summed E-state index contributed by atoms with van der Waals surface area (Å²) in [5.41, 5.74) is 15.2. The Bertz CT molecular complexity index is 253. The van der Waals surface area contributed by atoms with Crippen LogP contribution in [0.4, 0.5) is 0 Å². The number of nitrogens with two attached hydrogens (primary N) is 3. The van der Waals surface area contributed by atoms with E-state index < -0.39 is 18.6 Å². The van der Waals surface area contributed by atoms with Gasteiger partial charge in [-0.2, -0.15) is 0 Å². The van der Waals surface area contributed by atoms with Crippen LogP contribution in [0.15, 0.2) is 0 Å². The lowest BCUT2D eigenvalue weighted by molar-refractivity contribution is -0.144. The van der Waals surface area contributed by atoms with Gasteiger partial charge in [0.05, 0.1) is 0 Å². The Morgan fingerprint density at radius 1 is 1.22 bits per heavy atom. The summed E-state index contributed by atoms with van der Waals surface area (Å²) in [6, 6.07) is 0. The van der Waals surface area contributed by atoms with Gasteiger partial charge in [-0.3, -0.25) is 9.69 Å². The quantitative estimate of drug-likeness (QED) is 0.144. The summed E-state index contributed by atoms with van der Waals surface area (Å²) >= 11 is 0. The maximum absolute atomic E-state index is 11.2. The van der Waals surface area contributed by atoms with E-state index in [1.807, 2.05) is 0 Å². The second-order valence-corrected chi connectivity index (χ2v) is 4.38. The van der Waals surface area contributed by atoms with Crippen molar-refractivity contribution in [2.45, 2.75) is 31.1 Å². The van der Waals surface area contributed by atoms with E-state index in [1.165, 1.54) is 4.90 Å². The Hall–Kier alpha value is -0.705. The van der Waals surface area contributed by atoms with Crippen LogP contribution in [0.25, 0.3) is 0 Å². The predicted octanol–water partition coefficient (Wildman–Crippen LogP) is -2.45. The van der Waals surface area contributed by atoms with E-state index in [4.69, 9.17) is 32.4 Å². The van der Waals surface area contributed by atoms with Gasteiger partial charge >= 0.3 is 13.1 Å². The molecule has 0 rings (SSSR count). The zero-order valence-electron chi connectivity index (χ0n) is 10.5. The lowest BCUT2D eigenvalue weighted by atomic mass is 9.82. The lowest BCUT2D eigenvalue weighted by Crippen LogP contribution is -2.57. The largest absolute Gasteiger partial charge is 0.480 e. The van der Waals surface area contributed by atoms with Crippen LogP contribution in [0.2, 0.25) is 6.32 Å². The molecule has 0 saturated carbocycles. The van der Waals surface area contributed by atoms with Gasteiger partial charge in [-0.15, -0.1) is 0 Å². The fourth-order valence-electron chi connectivity index (χ4n) is 1.62. The molecule has 0 amide bonds. The van der Waals surface area contributed by atoms with Gasteiger partial charge in [0.1, 0.15) is 5.54 Å². The van der Waals surface area contributed by atoms with E-state index in [0.29, 0.717) is 12.8 Å². The van der Waals surface area contributed by atoms with E-state index >= 15 is 0 Å². The average Bonchev–Trinajstić information content (AvgIpc) is 2.31. The first kappa shape index (κ1) is 17.3. The number of hydrogen-bond donors (Lipinski definition) is 6. The maximum Gasteiger partial charge on any atom is 0.451 e. The van der Waals surface area contributed by atoms with Crippen LogP contribution in [-0.2, 0) is 4.79 Å². The van der Waals surface area contributed by atoms with Crippen molar-refractivity contribution < 1.29 is 19.9 Å². The van der Waals surface area contributed by atoms with E-state index in [9.17, 15) is 4.79 Å². The highest BCUT2D eigenvalue weighted by molar-refractivity contribution is 6.40. The molecule has 0 heterocycles. The topological polar surface area (TPSA) is 159 Å². The molecule has 1 unspecified atom stereocenters. The molecular formula is C9H23BN4O4. The number of nitrogens with zero attached hydrogens (tertiary/aromatic N) is 1. The van der Waals surface area contributed by atoms with Crippen LogP contribution >= 0.6 is 0 Å². The molecule has 9 N–H and O–H groups in total. The zero-order valence-corrected chi connectivity index (χ0v) is 10.5. The SMILES string of the molecule is NCN(CN)CC(N)(CCCCB(O)O)C(=O)O. The van der Waals surface area contributed by atoms with Crippen molar-refractivity contribution in [1.82, 2.24) is 4.90 Å². The highest BCUT2D eigenvalue weighted by atomic mass is 16.4. The third kappa shape index (κ3) is 6.29. The molecular weight excluding hydrogens is 239 g/mol. The Labute approximate surface area is 107 Å². The molecule has 0 spiro atoms. The molecule has 0 aromatic heterocycles. The third-order valence-corrected chi connectivity index (χ3v) is 2.78. The molecule has 18 heavy (non-hydrogen) atoms. The highest BCUT2D eigenvalue weighted by Crippen LogP contribution is 2.15. The Balaban J connectivity index is 4.30. The van der Waals surface area contributed by atoms with Crippen LogP contribution < -0.4 is 17.2 Å². The van der Waals surface area contributed by atoms with Gasteiger partial charge in [-0.25, -0.2) is 0 Å². The predicted molar refractivity (Wildman–Crippen MR) is 68.2 cm³/mol. The monoisotopic (exact) mass is 262 g/mol. The molecule has 0 fully saturated rings. The van der Waals surface area contributed by atoms with Gasteiger partial charge in [0.15, 0.2) is 0 Å². The molecule has 8 nitrogen and oxygen atoms in total. The number of carboxylic acid groups (broad SMARTS) is 1. The van der Waals surface area contributed by atoms with Crippen LogP contribution in [0.3, 0.4) is 0 Å². The van der Waals surface area contributed by atoms with E-state index in [1.54, 1.807) is 0 Å². The van der Waals surface area contributed by atoms with Crippen LogP contribution in [0, 0.1) is 0 Å². The van der Waals surface area contributed by atoms with E-state index in [-0.39, 0.29) is 32.6 Å². The maximum atomic E-state index is 11.2. The van der Waals surface area contributed by atoms with Crippen LogP contribution in [0.5, 0.6) is 0 Å². The molecule has 0 aromatic carbocycles. The molecule has 106 valence electrons. The number of unbranched alkanes of at least 4 members (excludes halogenated alkanes) is 1. The molecule has 0 aromatic rings. The standard InChI is InChI=1S/C9H23BN4O4/c11-6-14(7-12)5-9(13,8(15)16)3-1-2-4-10(17)18/h17-18H,1-7,11-13H2,(H,15,16). The zero-order chi connectivity index (χ0) is 14.2. The minimum Gasteiger partial charge on any atom is -0.480 e. The number of carboxylic acids is 1. The molecule has 0 radical (unpaired) electrons. The van der Waals surface area contributed by atoms with Gasteiger partial charge in [-0.1, -0.05) is 12.8 Å². The fourth-order valence-corrected chi connectivity index (χ4v) is 1.62. The second kappa shape index (κ2) is 8.41. The summed E-state index contributed by atoms with van der Waals surface area (Å²) in [4.78, 5) is 12.7. The van der Waals surface area contributed by atoms with Crippen molar-refractivity contribution in [1.29, 1.82) is 0 Å². The van der Waals surface area contributed by atoms with Crippen molar-refractivity contribution in [3.8, 4) is 0 Å². The number of hydrogen-bond acceptors (Lipinski definition) is 7. The highest BCUT2D eigenvalue weighted by Gasteiger charge is 2.35. The Morgan fingerprint density at radius 3 is 2.17 bits per heavy atom. The van der Waals surface area contributed by atoms with Gasteiger partial charge < -0.3 is 32.4 Å². The van der Waals surface area contributed by atoms with E-state index in [2.05, 4.69) is 0 Å². The molecule has 0 bridgehead atoms. The van der Waals surface area contributed by atoms with Gasteiger partial charge in [0.2, 0.25) is 0 Å². The van der Waals surface area contributed by atoms with Crippen LogP contribution in [-0.4, -0.2) is 58.6 Å². The Morgan fingerprint density at radius 2 is 1.78 bits per heavy atom. The first-order chi connectivity index (χ1) is 8.35. The summed E-state index contributed by atoms with van der Waals surface area (Å²) in [6.45, 7) is 0.340. The summed E-state index contributed by atoms with van der Waals surface area (Å²) in [5.74, 6) is -1.11. The van der Waals surface area contributed by atoms with Gasteiger partial charge in [-0.05, 0) is 12.7 Å².